The fourth-order valence-corrected chi connectivity index (χ4v) is 9.48. The molecule has 2 aromatic heterocycles. The topological polar surface area (TPSA) is 35.5 Å². The minimum Gasteiger partial charge on any atom is -0.311 e. The minimum absolute atomic E-state index is 0.0334. The van der Waals surface area contributed by atoms with E-state index in [0.29, 0.717) is 0 Å². The van der Waals surface area contributed by atoms with Crippen LogP contribution in [0.25, 0.3) is 10.9 Å². The van der Waals surface area contributed by atoms with Gasteiger partial charge in [-0.05, 0) is 83.1 Å². The lowest BCUT2D eigenvalue weighted by Crippen LogP contribution is -2.61. The lowest BCUT2D eigenvalue weighted by Gasteiger charge is -2.46. The van der Waals surface area contributed by atoms with Crippen LogP contribution in [0.3, 0.4) is 0 Å². The van der Waals surface area contributed by atoms with Gasteiger partial charge in [-0.1, -0.05) is 96.7 Å². The van der Waals surface area contributed by atoms with E-state index in [1.54, 1.807) is 0 Å². The van der Waals surface area contributed by atoms with Crippen molar-refractivity contribution in [2.75, 3.05) is 14.7 Å². The first-order chi connectivity index (χ1) is 25.3. The van der Waals surface area contributed by atoms with Crippen molar-refractivity contribution in [3.05, 3.63) is 170 Å². The first-order valence-electron chi connectivity index (χ1n) is 17.2. The summed E-state index contributed by atoms with van der Waals surface area (Å²) in [5, 5.41) is 1.11. The van der Waals surface area contributed by atoms with Gasteiger partial charge in [-0.25, -0.2) is 0 Å². The molecular formula is C44H28BN5S. The molecule has 5 heterocycles. The zero-order chi connectivity index (χ0) is 33.5. The van der Waals surface area contributed by atoms with Gasteiger partial charge in [0.25, 0.3) is 6.71 Å². The summed E-state index contributed by atoms with van der Waals surface area (Å²) in [6.45, 7) is 0.0334. The van der Waals surface area contributed by atoms with Gasteiger partial charge in [-0.15, -0.1) is 0 Å². The number of hydrogen-bond acceptors (Lipinski definition) is 6. The van der Waals surface area contributed by atoms with E-state index in [2.05, 4.69) is 159 Å². The normalized spacial score (nSPS) is 13.6. The summed E-state index contributed by atoms with van der Waals surface area (Å²) >= 11 is 1.86. The number of rotatable bonds is 3. The van der Waals surface area contributed by atoms with Gasteiger partial charge in [0.1, 0.15) is 0 Å². The molecule has 0 atom stereocenters. The van der Waals surface area contributed by atoms with Crippen molar-refractivity contribution in [2.24, 2.45) is 0 Å². The molecule has 8 aromatic rings. The molecule has 0 amide bonds. The Morgan fingerprint density at radius 1 is 0.490 bits per heavy atom. The smallest absolute Gasteiger partial charge is 0.252 e. The van der Waals surface area contributed by atoms with Gasteiger partial charge >= 0.3 is 0 Å². The minimum atomic E-state index is 0.0334. The SMILES string of the molecule is c1ccc(N2c3ccccc3B3c4ccccc4N(c4cccnc4)c4c5c(cc2c43)N(c2cccc3cccnc23)c2ccccc2S5)cc1. The number of aromatic nitrogens is 2. The molecule has 0 unspecified atom stereocenters. The van der Waals surface area contributed by atoms with E-state index in [0.717, 1.165) is 39.3 Å². The molecule has 11 rings (SSSR count). The molecule has 3 aliphatic heterocycles. The Morgan fingerprint density at radius 3 is 1.96 bits per heavy atom. The van der Waals surface area contributed by atoms with Crippen molar-refractivity contribution in [1.82, 2.24) is 9.97 Å². The van der Waals surface area contributed by atoms with Gasteiger partial charge in [0.05, 0.1) is 45.0 Å². The third kappa shape index (κ3) is 4.13. The van der Waals surface area contributed by atoms with Crippen molar-refractivity contribution in [2.45, 2.75) is 9.79 Å². The fraction of sp³-hybridized carbons (Fsp3) is 0. The largest absolute Gasteiger partial charge is 0.311 e. The zero-order valence-corrected chi connectivity index (χ0v) is 28.2. The van der Waals surface area contributed by atoms with Crippen LogP contribution in [0, 0.1) is 0 Å². The van der Waals surface area contributed by atoms with Crippen molar-refractivity contribution in [1.29, 1.82) is 0 Å². The second kappa shape index (κ2) is 11.1. The predicted molar refractivity (Wildman–Crippen MR) is 212 cm³/mol. The highest BCUT2D eigenvalue weighted by atomic mass is 32.2. The summed E-state index contributed by atoms with van der Waals surface area (Å²) in [6.07, 6.45) is 5.74. The van der Waals surface area contributed by atoms with Gasteiger partial charge < -0.3 is 14.7 Å². The van der Waals surface area contributed by atoms with E-state index < -0.39 is 0 Å². The summed E-state index contributed by atoms with van der Waals surface area (Å²) in [5.41, 5.74) is 15.0. The Labute approximate surface area is 300 Å². The number of anilines is 9. The molecule has 0 aliphatic carbocycles. The van der Waals surface area contributed by atoms with Crippen molar-refractivity contribution in [3.8, 4) is 0 Å². The van der Waals surface area contributed by atoms with Crippen LogP contribution in [-0.2, 0) is 0 Å². The molecule has 0 bridgehead atoms. The summed E-state index contributed by atoms with van der Waals surface area (Å²) in [4.78, 5) is 19.4. The number of para-hydroxylation sites is 5. The zero-order valence-electron chi connectivity index (χ0n) is 27.4. The molecular weight excluding hydrogens is 641 g/mol. The molecule has 0 N–H and O–H groups in total. The molecule has 51 heavy (non-hydrogen) atoms. The Balaban J connectivity index is 1.32. The molecule has 0 spiro atoms. The average molecular weight is 670 g/mol. The van der Waals surface area contributed by atoms with Gasteiger partial charge in [0.15, 0.2) is 0 Å². The summed E-state index contributed by atoms with van der Waals surface area (Å²) < 4.78 is 0. The predicted octanol–water partition coefficient (Wildman–Crippen LogP) is 9.65. The number of fused-ring (bicyclic) bond motifs is 8. The third-order valence-electron chi connectivity index (χ3n) is 10.3. The van der Waals surface area contributed by atoms with E-state index >= 15 is 0 Å². The van der Waals surface area contributed by atoms with Crippen LogP contribution in [0.15, 0.2) is 180 Å². The van der Waals surface area contributed by atoms with Crippen LogP contribution < -0.4 is 31.1 Å². The quantitative estimate of drug-likeness (QED) is 0.175. The van der Waals surface area contributed by atoms with Crippen molar-refractivity contribution in [3.63, 3.8) is 0 Å². The first-order valence-corrected chi connectivity index (χ1v) is 18.0. The summed E-state index contributed by atoms with van der Waals surface area (Å²) in [6, 6.07) is 54.7. The van der Waals surface area contributed by atoms with Gasteiger partial charge in [0.2, 0.25) is 0 Å². The van der Waals surface area contributed by atoms with E-state index in [1.807, 2.05) is 42.5 Å². The fourth-order valence-electron chi connectivity index (χ4n) is 8.30. The second-order valence-corrected chi connectivity index (χ2v) is 14.1. The van der Waals surface area contributed by atoms with E-state index in [4.69, 9.17) is 4.98 Å². The second-order valence-electron chi connectivity index (χ2n) is 13.0. The van der Waals surface area contributed by atoms with Crippen LogP contribution in [0.4, 0.5) is 51.2 Å². The summed E-state index contributed by atoms with van der Waals surface area (Å²) in [7, 11) is 0. The maximum absolute atomic E-state index is 4.96. The highest BCUT2D eigenvalue weighted by molar-refractivity contribution is 8.00. The van der Waals surface area contributed by atoms with E-state index in [-0.39, 0.29) is 6.71 Å². The van der Waals surface area contributed by atoms with E-state index in [9.17, 15) is 0 Å². The Morgan fingerprint density at radius 2 is 1.16 bits per heavy atom. The molecule has 6 aromatic carbocycles. The molecule has 3 aliphatic rings. The van der Waals surface area contributed by atoms with Crippen molar-refractivity contribution < 1.29 is 0 Å². The first kappa shape index (κ1) is 28.5. The highest BCUT2D eigenvalue weighted by Gasteiger charge is 2.46. The number of benzene rings is 6. The molecule has 0 fully saturated rings. The maximum atomic E-state index is 4.96. The van der Waals surface area contributed by atoms with Crippen LogP contribution in [-0.4, -0.2) is 16.7 Å². The molecule has 7 heteroatoms. The number of pyridine rings is 2. The van der Waals surface area contributed by atoms with Crippen LogP contribution in [0.2, 0.25) is 0 Å². The Hall–Kier alpha value is -6.31. The summed E-state index contributed by atoms with van der Waals surface area (Å²) in [5.74, 6) is 0. The molecule has 0 saturated carbocycles. The van der Waals surface area contributed by atoms with Crippen molar-refractivity contribution >= 4 is 97.0 Å². The number of nitrogens with zero attached hydrogens (tertiary/aromatic N) is 5. The molecule has 0 radical (unpaired) electrons. The van der Waals surface area contributed by atoms with Gasteiger partial charge in [-0.2, -0.15) is 0 Å². The maximum Gasteiger partial charge on any atom is 0.252 e. The molecule has 238 valence electrons. The lowest BCUT2D eigenvalue weighted by molar-refractivity contribution is 1.13. The standard InChI is InChI=1S/C44H28BN5S/c1-2-15-30(16-3-1)48-34-20-6-4-18-32(34)45-33-19-5-7-21-35(33)49(31-17-12-25-46-28-31)43-41(45)38(48)27-39-44(43)51-40-24-9-8-22-36(40)50(39)37-23-10-13-29-14-11-26-47-42(29)37/h1-28H. The van der Waals surface area contributed by atoms with Crippen LogP contribution in [0.5, 0.6) is 0 Å². The van der Waals surface area contributed by atoms with Crippen LogP contribution >= 0.6 is 11.8 Å². The molecule has 0 saturated heterocycles. The Bertz CT molecular complexity index is 2650. The third-order valence-corrected chi connectivity index (χ3v) is 11.5. The Kier molecular flexibility index (Phi) is 6.21. The van der Waals surface area contributed by atoms with Gasteiger partial charge in [0, 0.05) is 45.4 Å². The highest BCUT2D eigenvalue weighted by Crippen LogP contribution is 2.59. The van der Waals surface area contributed by atoms with E-state index in [1.165, 1.54) is 48.9 Å². The van der Waals surface area contributed by atoms with Gasteiger partial charge in [-0.3, -0.25) is 9.97 Å². The van der Waals surface area contributed by atoms with Crippen LogP contribution in [0.1, 0.15) is 0 Å². The lowest BCUT2D eigenvalue weighted by atomic mass is 9.33. The average Bonchev–Trinajstić information content (AvgIpc) is 3.20. The number of hydrogen-bond donors (Lipinski definition) is 0. The molecule has 5 nitrogen and oxygen atoms in total. The monoisotopic (exact) mass is 669 g/mol.